The highest BCUT2D eigenvalue weighted by atomic mass is 16.1. The van der Waals surface area contributed by atoms with E-state index in [4.69, 9.17) is 5.73 Å². The summed E-state index contributed by atoms with van der Waals surface area (Å²) in [6.07, 6.45) is 5.69. The fourth-order valence-corrected chi connectivity index (χ4v) is 2.09. The van der Waals surface area contributed by atoms with Crippen molar-refractivity contribution < 1.29 is 4.79 Å². The van der Waals surface area contributed by atoms with Crippen LogP contribution in [0.25, 0.3) is 0 Å². The Labute approximate surface area is 88.6 Å². The van der Waals surface area contributed by atoms with Gasteiger partial charge in [0.25, 0.3) is 0 Å². The quantitative estimate of drug-likeness (QED) is 0.703. The molecule has 0 aliphatic carbocycles. The Morgan fingerprint density at radius 1 is 1.73 bits per heavy atom. The van der Waals surface area contributed by atoms with E-state index >= 15 is 0 Å². The summed E-state index contributed by atoms with van der Waals surface area (Å²) in [5.74, 6) is 0.140. The molecule has 0 bridgehead atoms. The number of aromatic nitrogens is 2. The van der Waals surface area contributed by atoms with Gasteiger partial charge in [-0.15, -0.1) is 0 Å². The molecule has 1 aromatic heterocycles. The van der Waals surface area contributed by atoms with Crippen molar-refractivity contribution in [3.63, 3.8) is 0 Å². The van der Waals surface area contributed by atoms with Crippen LogP contribution >= 0.6 is 0 Å². The van der Waals surface area contributed by atoms with Crippen LogP contribution < -0.4 is 11.1 Å². The fourth-order valence-electron chi connectivity index (χ4n) is 2.09. The van der Waals surface area contributed by atoms with Crippen molar-refractivity contribution in [3.8, 4) is 0 Å². The molecule has 1 amide bonds. The number of primary amides is 1. The number of hydrogen-bond donors (Lipinski definition) is 2. The van der Waals surface area contributed by atoms with Gasteiger partial charge >= 0.3 is 0 Å². The Hall–Kier alpha value is -1.36. The lowest BCUT2D eigenvalue weighted by molar-refractivity contribution is -0.120. The average Bonchev–Trinajstić information content (AvgIpc) is 2.65. The second kappa shape index (κ2) is 4.02. The van der Waals surface area contributed by atoms with Crippen LogP contribution in [0.15, 0.2) is 12.4 Å². The zero-order valence-corrected chi connectivity index (χ0v) is 8.81. The second-order valence-electron chi connectivity index (χ2n) is 4.08. The summed E-state index contributed by atoms with van der Waals surface area (Å²) >= 11 is 0. The molecule has 82 valence electrons. The van der Waals surface area contributed by atoms with Gasteiger partial charge in [-0.25, -0.2) is 0 Å². The number of aryl methyl sites for hydroxylation is 1. The molecule has 2 atom stereocenters. The SMILES string of the molecule is Cn1cc(C2CCNC(C(N)=O)C2)cn1. The Bertz CT molecular complexity index is 360. The van der Waals surface area contributed by atoms with Crippen LogP contribution in [-0.2, 0) is 11.8 Å². The zero-order valence-electron chi connectivity index (χ0n) is 8.81. The Morgan fingerprint density at radius 2 is 2.53 bits per heavy atom. The normalized spacial score (nSPS) is 26.5. The highest BCUT2D eigenvalue weighted by molar-refractivity contribution is 5.80. The molecule has 2 heterocycles. The number of nitrogens with zero attached hydrogens (tertiary/aromatic N) is 2. The minimum absolute atomic E-state index is 0.191. The fraction of sp³-hybridized carbons (Fsp3) is 0.600. The molecule has 0 aromatic carbocycles. The zero-order chi connectivity index (χ0) is 10.8. The molecule has 5 heteroatoms. The standard InChI is InChI=1S/C10H16N4O/c1-14-6-8(5-13-14)7-2-3-12-9(4-7)10(11)15/h5-7,9,12H,2-4H2,1H3,(H2,11,15). The predicted molar refractivity (Wildman–Crippen MR) is 56.2 cm³/mol. The summed E-state index contributed by atoms with van der Waals surface area (Å²) in [5.41, 5.74) is 6.49. The van der Waals surface area contributed by atoms with Crippen LogP contribution in [0.5, 0.6) is 0 Å². The summed E-state index contributed by atoms with van der Waals surface area (Å²) in [4.78, 5) is 11.1. The number of nitrogens with two attached hydrogens (primary N) is 1. The topological polar surface area (TPSA) is 72.9 Å². The van der Waals surface area contributed by atoms with Crippen LogP contribution in [-0.4, -0.2) is 28.3 Å². The summed E-state index contributed by atoms with van der Waals surface area (Å²) in [7, 11) is 1.90. The highest BCUT2D eigenvalue weighted by Gasteiger charge is 2.26. The van der Waals surface area contributed by atoms with E-state index in [0.29, 0.717) is 5.92 Å². The molecule has 15 heavy (non-hydrogen) atoms. The van der Waals surface area contributed by atoms with Crippen LogP contribution in [0.4, 0.5) is 0 Å². The number of hydrogen-bond acceptors (Lipinski definition) is 3. The van der Waals surface area contributed by atoms with Crippen LogP contribution in [0.1, 0.15) is 24.3 Å². The number of rotatable bonds is 2. The largest absolute Gasteiger partial charge is 0.368 e. The first-order valence-corrected chi connectivity index (χ1v) is 5.18. The van der Waals surface area contributed by atoms with Crippen molar-refractivity contribution in [1.82, 2.24) is 15.1 Å². The third-order valence-electron chi connectivity index (χ3n) is 2.94. The van der Waals surface area contributed by atoms with Crippen LogP contribution in [0, 0.1) is 0 Å². The Kier molecular flexibility index (Phi) is 2.73. The van der Waals surface area contributed by atoms with Gasteiger partial charge in [0.2, 0.25) is 5.91 Å². The molecule has 1 aliphatic heterocycles. The molecule has 1 fully saturated rings. The molecule has 2 rings (SSSR count). The predicted octanol–water partition coefficient (Wildman–Crippen LogP) is -0.259. The lowest BCUT2D eigenvalue weighted by Crippen LogP contribution is -2.46. The number of piperidine rings is 1. The van der Waals surface area contributed by atoms with Gasteiger partial charge in [0.15, 0.2) is 0 Å². The van der Waals surface area contributed by atoms with Crippen molar-refractivity contribution in [2.45, 2.75) is 24.8 Å². The van der Waals surface area contributed by atoms with Crippen molar-refractivity contribution in [2.75, 3.05) is 6.54 Å². The second-order valence-corrected chi connectivity index (χ2v) is 4.08. The Morgan fingerprint density at radius 3 is 3.13 bits per heavy atom. The van der Waals surface area contributed by atoms with E-state index in [2.05, 4.69) is 10.4 Å². The van der Waals surface area contributed by atoms with Crippen LogP contribution in [0.2, 0.25) is 0 Å². The Balaban J connectivity index is 2.07. The molecule has 0 radical (unpaired) electrons. The van der Waals surface area contributed by atoms with E-state index in [9.17, 15) is 4.79 Å². The van der Waals surface area contributed by atoms with Gasteiger partial charge in [-0.05, 0) is 30.9 Å². The molecule has 2 unspecified atom stereocenters. The molecule has 0 saturated carbocycles. The number of amides is 1. The monoisotopic (exact) mass is 208 g/mol. The van der Waals surface area contributed by atoms with E-state index in [1.165, 1.54) is 5.56 Å². The van der Waals surface area contributed by atoms with E-state index < -0.39 is 0 Å². The number of carbonyl (C=O) groups excluding carboxylic acids is 1. The molecule has 1 aliphatic rings. The minimum Gasteiger partial charge on any atom is -0.368 e. The van der Waals surface area contributed by atoms with E-state index in [1.807, 2.05) is 19.4 Å². The third kappa shape index (κ3) is 2.18. The smallest absolute Gasteiger partial charge is 0.234 e. The molecule has 0 spiro atoms. The molecule has 1 aromatic rings. The molecule has 3 N–H and O–H groups in total. The average molecular weight is 208 g/mol. The van der Waals surface area contributed by atoms with Gasteiger partial charge in [0.05, 0.1) is 12.2 Å². The van der Waals surface area contributed by atoms with Gasteiger partial charge in [0, 0.05) is 13.2 Å². The van der Waals surface area contributed by atoms with Crippen LogP contribution in [0.3, 0.4) is 0 Å². The maximum Gasteiger partial charge on any atom is 0.234 e. The van der Waals surface area contributed by atoms with Crippen molar-refractivity contribution in [1.29, 1.82) is 0 Å². The van der Waals surface area contributed by atoms with Gasteiger partial charge < -0.3 is 11.1 Å². The van der Waals surface area contributed by atoms with Crippen molar-refractivity contribution in [2.24, 2.45) is 12.8 Å². The first-order chi connectivity index (χ1) is 7.16. The van der Waals surface area contributed by atoms with Crippen molar-refractivity contribution >= 4 is 5.91 Å². The van der Waals surface area contributed by atoms with Gasteiger partial charge in [0.1, 0.15) is 0 Å². The lowest BCUT2D eigenvalue weighted by Gasteiger charge is -2.27. The van der Waals surface area contributed by atoms with E-state index in [0.717, 1.165) is 19.4 Å². The molecular weight excluding hydrogens is 192 g/mol. The summed E-state index contributed by atoms with van der Waals surface area (Å²) in [6, 6.07) is -0.191. The van der Waals surface area contributed by atoms with Gasteiger partial charge in [-0.3, -0.25) is 9.48 Å². The highest BCUT2D eigenvalue weighted by Crippen LogP contribution is 2.26. The third-order valence-corrected chi connectivity index (χ3v) is 2.94. The first kappa shape index (κ1) is 10.2. The van der Waals surface area contributed by atoms with Gasteiger partial charge in [-0.2, -0.15) is 5.10 Å². The summed E-state index contributed by atoms with van der Waals surface area (Å²) < 4.78 is 1.79. The molecular formula is C10H16N4O. The maximum absolute atomic E-state index is 11.1. The molecule has 1 saturated heterocycles. The van der Waals surface area contributed by atoms with E-state index in [1.54, 1.807) is 4.68 Å². The van der Waals surface area contributed by atoms with Crippen molar-refractivity contribution in [3.05, 3.63) is 18.0 Å². The van der Waals surface area contributed by atoms with Gasteiger partial charge in [-0.1, -0.05) is 0 Å². The number of carbonyl (C=O) groups is 1. The minimum atomic E-state index is -0.261. The molecule has 5 nitrogen and oxygen atoms in total. The lowest BCUT2D eigenvalue weighted by atomic mass is 9.88. The number of nitrogens with one attached hydrogen (secondary N) is 1. The van der Waals surface area contributed by atoms with E-state index in [-0.39, 0.29) is 11.9 Å². The first-order valence-electron chi connectivity index (χ1n) is 5.18. The maximum atomic E-state index is 11.1. The summed E-state index contributed by atoms with van der Waals surface area (Å²) in [5, 5.41) is 7.27. The summed E-state index contributed by atoms with van der Waals surface area (Å²) in [6.45, 7) is 0.840.